The molecular weight excluding hydrogens is 292 g/mol. The Kier molecular flexibility index (Phi) is 4.28. The quantitative estimate of drug-likeness (QED) is 0.710. The van der Waals surface area contributed by atoms with Crippen LogP contribution in [0.1, 0.15) is 28.2 Å². The standard InChI is InChI=1S/C18H18N2O3/c1-12-17(15-11-14(21)7-8-16(15)23-12)18(22)20-10-4-6-13-5-2-3-9-19-13/h2-3,5,7-9,11,21H,4,6,10H2,1H3,(H,20,22). The minimum absolute atomic E-state index is 0.113. The van der Waals surface area contributed by atoms with Gasteiger partial charge < -0.3 is 14.8 Å². The molecule has 0 spiro atoms. The zero-order valence-corrected chi connectivity index (χ0v) is 12.9. The number of amides is 1. The molecule has 23 heavy (non-hydrogen) atoms. The van der Waals surface area contributed by atoms with Gasteiger partial charge in [0.05, 0.1) is 5.56 Å². The van der Waals surface area contributed by atoms with Crippen molar-refractivity contribution in [1.29, 1.82) is 0 Å². The SMILES string of the molecule is Cc1oc2ccc(O)cc2c1C(=O)NCCCc1ccccn1. The number of benzene rings is 1. The van der Waals surface area contributed by atoms with Crippen LogP contribution in [0.5, 0.6) is 5.75 Å². The van der Waals surface area contributed by atoms with Crippen LogP contribution in [0, 0.1) is 6.92 Å². The van der Waals surface area contributed by atoms with E-state index < -0.39 is 0 Å². The Morgan fingerprint density at radius 2 is 2.17 bits per heavy atom. The van der Waals surface area contributed by atoms with E-state index >= 15 is 0 Å². The number of aryl methyl sites for hydroxylation is 2. The fourth-order valence-electron chi connectivity index (χ4n) is 2.60. The van der Waals surface area contributed by atoms with Crippen molar-refractivity contribution in [2.45, 2.75) is 19.8 Å². The molecule has 2 N–H and O–H groups in total. The lowest BCUT2D eigenvalue weighted by Crippen LogP contribution is -2.25. The molecule has 1 amide bonds. The second-order valence-corrected chi connectivity index (χ2v) is 5.39. The average molecular weight is 310 g/mol. The van der Waals surface area contributed by atoms with Gasteiger partial charge in [-0.05, 0) is 50.1 Å². The predicted octanol–water partition coefficient (Wildman–Crippen LogP) is 3.20. The summed E-state index contributed by atoms with van der Waals surface area (Å²) >= 11 is 0. The van der Waals surface area contributed by atoms with E-state index in [1.54, 1.807) is 31.3 Å². The van der Waals surface area contributed by atoms with Crippen molar-refractivity contribution in [2.75, 3.05) is 6.54 Å². The van der Waals surface area contributed by atoms with Crippen LogP contribution in [-0.2, 0) is 6.42 Å². The molecule has 0 aliphatic rings. The van der Waals surface area contributed by atoms with Crippen molar-refractivity contribution in [3.8, 4) is 5.75 Å². The molecule has 0 radical (unpaired) electrons. The van der Waals surface area contributed by atoms with Crippen LogP contribution in [0.4, 0.5) is 0 Å². The number of phenols is 1. The Labute approximate surface area is 134 Å². The Morgan fingerprint density at radius 3 is 2.96 bits per heavy atom. The van der Waals surface area contributed by atoms with Gasteiger partial charge in [-0.3, -0.25) is 9.78 Å². The number of hydrogen-bond acceptors (Lipinski definition) is 4. The number of fused-ring (bicyclic) bond motifs is 1. The van der Waals surface area contributed by atoms with Crippen LogP contribution in [-0.4, -0.2) is 22.5 Å². The highest BCUT2D eigenvalue weighted by Gasteiger charge is 2.18. The first kappa shape index (κ1) is 15.1. The van der Waals surface area contributed by atoms with Gasteiger partial charge in [-0.25, -0.2) is 0 Å². The first-order valence-corrected chi connectivity index (χ1v) is 7.55. The number of aromatic nitrogens is 1. The third-order valence-electron chi connectivity index (χ3n) is 3.70. The minimum Gasteiger partial charge on any atom is -0.508 e. The number of phenolic OH excluding ortho intramolecular Hbond substituents is 1. The number of nitrogens with one attached hydrogen (secondary N) is 1. The zero-order chi connectivity index (χ0) is 16.2. The fraction of sp³-hybridized carbons (Fsp3) is 0.222. The van der Waals surface area contributed by atoms with E-state index in [1.165, 1.54) is 0 Å². The molecule has 2 aromatic heterocycles. The number of pyridine rings is 1. The molecule has 0 fully saturated rings. The summed E-state index contributed by atoms with van der Waals surface area (Å²) in [5, 5.41) is 13.1. The zero-order valence-electron chi connectivity index (χ0n) is 12.9. The number of carbonyl (C=O) groups is 1. The molecule has 1 aromatic carbocycles. The van der Waals surface area contributed by atoms with Crippen LogP contribution < -0.4 is 5.32 Å². The first-order chi connectivity index (χ1) is 11.1. The lowest BCUT2D eigenvalue weighted by atomic mass is 10.1. The van der Waals surface area contributed by atoms with E-state index in [0.29, 0.717) is 28.8 Å². The molecule has 0 atom stereocenters. The van der Waals surface area contributed by atoms with Crippen LogP contribution in [0.25, 0.3) is 11.0 Å². The Balaban J connectivity index is 1.64. The van der Waals surface area contributed by atoms with Crippen molar-refractivity contribution in [1.82, 2.24) is 10.3 Å². The first-order valence-electron chi connectivity index (χ1n) is 7.55. The molecule has 0 aliphatic carbocycles. The summed E-state index contributed by atoms with van der Waals surface area (Å²) in [6.07, 6.45) is 3.39. The third kappa shape index (κ3) is 3.34. The maximum atomic E-state index is 12.4. The smallest absolute Gasteiger partial charge is 0.255 e. The normalized spacial score (nSPS) is 10.8. The molecule has 0 unspecified atom stereocenters. The summed E-state index contributed by atoms with van der Waals surface area (Å²) in [6, 6.07) is 10.6. The molecule has 0 aliphatic heterocycles. The maximum Gasteiger partial charge on any atom is 0.255 e. The molecule has 3 rings (SSSR count). The fourth-order valence-corrected chi connectivity index (χ4v) is 2.60. The molecule has 0 saturated heterocycles. The van der Waals surface area contributed by atoms with Gasteiger partial charge in [-0.15, -0.1) is 0 Å². The number of carbonyl (C=O) groups excluding carboxylic acids is 1. The molecule has 0 bridgehead atoms. The van der Waals surface area contributed by atoms with Crippen LogP contribution in [0.3, 0.4) is 0 Å². The number of furan rings is 1. The maximum absolute atomic E-state index is 12.4. The van der Waals surface area contributed by atoms with Crippen molar-refractivity contribution in [2.24, 2.45) is 0 Å². The van der Waals surface area contributed by atoms with Gasteiger partial charge in [-0.2, -0.15) is 0 Å². The van der Waals surface area contributed by atoms with Crippen LogP contribution in [0.15, 0.2) is 47.0 Å². The number of nitrogens with zero attached hydrogens (tertiary/aromatic N) is 1. The van der Waals surface area contributed by atoms with E-state index in [4.69, 9.17) is 4.42 Å². The Bertz CT molecular complexity index is 825. The number of hydrogen-bond donors (Lipinski definition) is 2. The summed E-state index contributed by atoms with van der Waals surface area (Å²) in [5.41, 5.74) is 2.09. The predicted molar refractivity (Wildman–Crippen MR) is 87.5 cm³/mol. The summed E-state index contributed by atoms with van der Waals surface area (Å²) in [7, 11) is 0. The van der Waals surface area contributed by atoms with Gasteiger partial charge in [0.2, 0.25) is 0 Å². The molecule has 5 heteroatoms. The highest BCUT2D eigenvalue weighted by Crippen LogP contribution is 2.28. The topological polar surface area (TPSA) is 75.4 Å². The van der Waals surface area contributed by atoms with Gasteiger partial charge in [0.15, 0.2) is 0 Å². The monoisotopic (exact) mass is 310 g/mol. The highest BCUT2D eigenvalue weighted by molar-refractivity contribution is 6.07. The van der Waals surface area contributed by atoms with E-state index in [-0.39, 0.29) is 11.7 Å². The highest BCUT2D eigenvalue weighted by atomic mass is 16.3. The number of aromatic hydroxyl groups is 1. The van der Waals surface area contributed by atoms with E-state index in [1.807, 2.05) is 18.2 Å². The lowest BCUT2D eigenvalue weighted by molar-refractivity contribution is 0.0953. The summed E-state index contributed by atoms with van der Waals surface area (Å²) in [6.45, 7) is 2.31. The molecule has 3 aromatic rings. The second kappa shape index (κ2) is 6.52. The summed E-state index contributed by atoms with van der Waals surface area (Å²) in [5.74, 6) is 0.475. The van der Waals surface area contributed by atoms with Gasteiger partial charge in [-0.1, -0.05) is 6.07 Å². The van der Waals surface area contributed by atoms with Crippen molar-refractivity contribution >= 4 is 16.9 Å². The molecule has 5 nitrogen and oxygen atoms in total. The average Bonchev–Trinajstić information content (AvgIpc) is 2.87. The summed E-state index contributed by atoms with van der Waals surface area (Å²) in [4.78, 5) is 16.6. The molecule has 2 heterocycles. The van der Waals surface area contributed by atoms with Crippen molar-refractivity contribution in [3.05, 3.63) is 59.6 Å². The van der Waals surface area contributed by atoms with Gasteiger partial charge in [0.1, 0.15) is 17.1 Å². The molecule has 118 valence electrons. The van der Waals surface area contributed by atoms with Crippen LogP contribution >= 0.6 is 0 Å². The minimum atomic E-state index is -0.187. The van der Waals surface area contributed by atoms with Gasteiger partial charge in [0.25, 0.3) is 5.91 Å². The van der Waals surface area contributed by atoms with E-state index in [0.717, 1.165) is 18.5 Å². The Hall–Kier alpha value is -2.82. The molecule has 0 saturated carbocycles. The van der Waals surface area contributed by atoms with Gasteiger partial charge >= 0.3 is 0 Å². The third-order valence-corrected chi connectivity index (χ3v) is 3.70. The molecular formula is C18H18N2O3. The van der Waals surface area contributed by atoms with Crippen molar-refractivity contribution in [3.63, 3.8) is 0 Å². The largest absolute Gasteiger partial charge is 0.508 e. The van der Waals surface area contributed by atoms with E-state index in [2.05, 4.69) is 10.3 Å². The Morgan fingerprint density at radius 1 is 1.30 bits per heavy atom. The second-order valence-electron chi connectivity index (χ2n) is 5.39. The lowest BCUT2D eigenvalue weighted by Gasteiger charge is -2.05. The number of rotatable bonds is 5. The van der Waals surface area contributed by atoms with Crippen LogP contribution in [0.2, 0.25) is 0 Å². The van der Waals surface area contributed by atoms with Crippen molar-refractivity contribution < 1.29 is 14.3 Å². The van der Waals surface area contributed by atoms with Gasteiger partial charge in [0, 0.05) is 23.8 Å². The van der Waals surface area contributed by atoms with E-state index in [9.17, 15) is 9.90 Å². The summed E-state index contributed by atoms with van der Waals surface area (Å²) < 4.78 is 5.57.